The van der Waals surface area contributed by atoms with Crippen molar-refractivity contribution >= 4 is 11.7 Å². The van der Waals surface area contributed by atoms with Crippen molar-refractivity contribution in [3.05, 3.63) is 35.9 Å². The van der Waals surface area contributed by atoms with Crippen LogP contribution in [0.5, 0.6) is 0 Å². The molecule has 1 aliphatic rings. The van der Waals surface area contributed by atoms with Crippen molar-refractivity contribution in [1.29, 1.82) is 5.26 Å². The summed E-state index contributed by atoms with van der Waals surface area (Å²) in [6, 6.07) is 11.3. The molecule has 1 saturated carbocycles. The Kier molecular flexibility index (Phi) is 4.89. The van der Waals surface area contributed by atoms with Gasteiger partial charge in [0.2, 0.25) is 5.91 Å². The van der Waals surface area contributed by atoms with Crippen LogP contribution < -0.4 is 5.32 Å². The molecule has 0 aromatic heterocycles. The first-order valence-corrected chi connectivity index (χ1v) is 6.97. The maximum atomic E-state index is 12.1. The van der Waals surface area contributed by atoms with Gasteiger partial charge in [-0.2, -0.15) is 5.26 Å². The Balaban J connectivity index is 1.92. The molecule has 1 fully saturated rings. The van der Waals surface area contributed by atoms with Gasteiger partial charge < -0.3 is 5.32 Å². The summed E-state index contributed by atoms with van der Waals surface area (Å²) in [6.07, 6.45) is 3.65. The fraction of sp³-hybridized carbons (Fsp3) is 0.438. The summed E-state index contributed by atoms with van der Waals surface area (Å²) >= 11 is 0. The van der Waals surface area contributed by atoms with Gasteiger partial charge in [-0.3, -0.25) is 9.59 Å². The normalized spacial score (nSPS) is 16.4. The monoisotopic (exact) mass is 270 g/mol. The molecule has 1 aromatic rings. The molecular weight excluding hydrogens is 252 g/mol. The van der Waals surface area contributed by atoms with Crippen LogP contribution in [-0.2, 0) is 16.1 Å². The summed E-state index contributed by atoms with van der Waals surface area (Å²) in [6.45, 7) is 0.343. The second-order valence-electron chi connectivity index (χ2n) is 5.15. The molecule has 104 valence electrons. The van der Waals surface area contributed by atoms with Gasteiger partial charge in [0, 0.05) is 12.5 Å². The number of carbonyl (C=O) groups excluding carboxylic acids is 2. The van der Waals surface area contributed by atoms with Crippen molar-refractivity contribution in [3.8, 4) is 6.07 Å². The van der Waals surface area contributed by atoms with Crippen molar-refractivity contribution in [2.45, 2.75) is 32.2 Å². The van der Waals surface area contributed by atoms with Gasteiger partial charge in [0.15, 0.2) is 11.7 Å². The molecule has 1 N–H and O–H groups in total. The lowest BCUT2D eigenvalue weighted by Crippen LogP contribution is -2.36. The summed E-state index contributed by atoms with van der Waals surface area (Å²) in [4.78, 5) is 24.1. The van der Waals surface area contributed by atoms with E-state index in [1.165, 1.54) is 0 Å². The topological polar surface area (TPSA) is 70.0 Å². The second-order valence-corrected chi connectivity index (χ2v) is 5.15. The average Bonchev–Trinajstić information content (AvgIpc) is 3.01. The van der Waals surface area contributed by atoms with Gasteiger partial charge in [-0.25, -0.2) is 0 Å². The molecule has 1 aromatic carbocycles. The Morgan fingerprint density at radius 3 is 2.50 bits per heavy atom. The number of hydrogen-bond donors (Lipinski definition) is 1. The lowest BCUT2D eigenvalue weighted by molar-refractivity contribution is -0.133. The van der Waals surface area contributed by atoms with E-state index in [-0.39, 0.29) is 11.7 Å². The second kappa shape index (κ2) is 6.85. The standard InChI is InChI=1S/C16H18N2O2/c17-10-14(15(19)13-8-4-5-9-13)16(20)18-11-12-6-2-1-3-7-12/h1-3,6-7,13-14H,4-5,8-9,11H2,(H,18,20)/t14-/m1/s1. The fourth-order valence-electron chi connectivity index (χ4n) is 2.58. The third kappa shape index (κ3) is 3.45. The van der Waals surface area contributed by atoms with Crippen LogP contribution in [0.3, 0.4) is 0 Å². The summed E-state index contributed by atoms with van der Waals surface area (Å²) in [5.41, 5.74) is 0.950. The largest absolute Gasteiger partial charge is 0.350 e. The quantitative estimate of drug-likeness (QED) is 0.834. The van der Waals surface area contributed by atoms with Gasteiger partial charge in [-0.1, -0.05) is 43.2 Å². The van der Waals surface area contributed by atoms with Gasteiger partial charge in [0.25, 0.3) is 0 Å². The minimum absolute atomic E-state index is 0.109. The fourth-order valence-corrected chi connectivity index (χ4v) is 2.58. The van der Waals surface area contributed by atoms with Crippen LogP contribution in [0.15, 0.2) is 30.3 Å². The molecule has 0 unspecified atom stereocenters. The Bertz CT molecular complexity index is 513. The number of hydrogen-bond acceptors (Lipinski definition) is 3. The maximum Gasteiger partial charge on any atom is 0.245 e. The Morgan fingerprint density at radius 1 is 1.25 bits per heavy atom. The maximum absolute atomic E-state index is 12.1. The van der Waals surface area contributed by atoms with E-state index in [1.807, 2.05) is 36.4 Å². The van der Waals surface area contributed by atoms with Crippen LogP contribution in [0.1, 0.15) is 31.2 Å². The van der Waals surface area contributed by atoms with Gasteiger partial charge in [0.1, 0.15) is 0 Å². The number of nitrogens with zero attached hydrogens (tertiary/aromatic N) is 1. The van der Waals surface area contributed by atoms with E-state index in [4.69, 9.17) is 5.26 Å². The molecule has 4 heteroatoms. The number of Topliss-reactive ketones (excluding diaryl/α,β-unsaturated/α-hetero) is 1. The highest BCUT2D eigenvalue weighted by atomic mass is 16.2. The predicted molar refractivity (Wildman–Crippen MR) is 74.4 cm³/mol. The number of nitriles is 1. The zero-order valence-corrected chi connectivity index (χ0v) is 11.3. The zero-order valence-electron chi connectivity index (χ0n) is 11.3. The lowest BCUT2D eigenvalue weighted by Gasteiger charge is -2.13. The van der Waals surface area contributed by atoms with E-state index in [1.54, 1.807) is 0 Å². The zero-order chi connectivity index (χ0) is 14.4. The molecule has 0 saturated heterocycles. The van der Waals surface area contributed by atoms with Gasteiger partial charge in [-0.15, -0.1) is 0 Å². The van der Waals surface area contributed by atoms with Crippen molar-refractivity contribution in [1.82, 2.24) is 5.32 Å². The first-order valence-electron chi connectivity index (χ1n) is 6.97. The molecule has 4 nitrogen and oxygen atoms in total. The van der Waals surface area contributed by atoms with E-state index >= 15 is 0 Å². The minimum Gasteiger partial charge on any atom is -0.350 e. The first kappa shape index (κ1) is 14.3. The van der Waals surface area contributed by atoms with Crippen molar-refractivity contribution in [2.75, 3.05) is 0 Å². The van der Waals surface area contributed by atoms with Crippen LogP contribution in [0.25, 0.3) is 0 Å². The van der Waals surface area contributed by atoms with E-state index in [9.17, 15) is 9.59 Å². The van der Waals surface area contributed by atoms with E-state index < -0.39 is 11.8 Å². The van der Waals surface area contributed by atoms with E-state index in [0.717, 1.165) is 31.2 Å². The summed E-state index contributed by atoms with van der Waals surface area (Å²) in [5, 5.41) is 11.8. The SMILES string of the molecule is N#C[C@@H](C(=O)NCc1ccccc1)C(=O)C1CCCC1. The number of rotatable bonds is 5. The third-order valence-electron chi connectivity index (χ3n) is 3.74. The van der Waals surface area contributed by atoms with E-state index in [2.05, 4.69) is 5.32 Å². The molecule has 0 bridgehead atoms. The van der Waals surface area contributed by atoms with Gasteiger partial charge in [0.05, 0.1) is 6.07 Å². The Hall–Kier alpha value is -2.15. The number of nitrogens with one attached hydrogen (secondary N) is 1. The average molecular weight is 270 g/mol. The molecule has 2 rings (SSSR count). The number of carbonyl (C=O) groups is 2. The van der Waals surface area contributed by atoms with Crippen molar-refractivity contribution in [3.63, 3.8) is 0 Å². The lowest BCUT2D eigenvalue weighted by atomic mass is 9.92. The number of amides is 1. The van der Waals surface area contributed by atoms with Crippen molar-refractivity contribution < 1.29 is 9.59 Å². The molecule has 0 heterocycles. The molecule has 1 atom stereocenters. The number of benzene rings is 1. The number of ketones is 1. The Morgan fingerprint density at radius 2 is 1.90 bits per heavy atom. The summed E-state index contributed by atoms with van der Waals surface area (Å²) in [5.74, 6) is -1.97. The van der Waals surface area contributed by atoms with Crippen LogP contribution in [0.4, 0.5) is 0 Å². The highest BCUT2D eigenvalue weighted by Gasteiger charge is 2.33. The summed E-state index contributed by atoms with van der Waals surface area (Å²) < 4.78 is 0. The van der Waals surface area contributed by atoms with Crippen molar-refractivity contribution in [2.24, 2.45) is 11.8 Å². The van der Waals surface area contributed by atoms with Gasteiger partial charge in [-0.05, 0) is 18.4 Å². The van der Waals surface area contributed by atoms with Crippen LogP contribution in [-0.4, -0.2) is 11.7 Å². The molecule has 0 radical (unpaired) electrons. The highest BCUT2D eigenvalue weighted by Crippen LogP contribution is 2.27. The highest BCUT2D eigenvalue weighted by molar-refractivity contribution is 6.04. The van der Waals surface area contributed by atoms with Crippen LogP contribution >= 0.6 is 0 Å². The molecule has 1 amide bonds. The Labute approximate surface area is 118 Å². The van der Waals surface area contributed by atoms with Crippen LogP contribution in [0.2, 0.25) is 0 Å². The third-order valence-corrected chi connectivity index (χ3v) is 3.74. The van der Waals surface area contributed by atoms with Crippen LogP contribution in [0, 0.1) is 23.2 Å². The smallest absolute Gasteiger partial charge is 0.245 e. The molecule has 1 aliphatic carbocycles. The van der Waals surface area contributed by atoms with Gasteiger partial charge >= 0.3 is 0 Å². The molecule has 0 spiro atoms. The minimum atomic E-state index is -1.16. The summed E-state index contributed by atoms with van der Waals surface area (Å²) in [7, 11) is 0. The molecular formula is C16H18N2O2. The van der Waals surface area contributed by atoms with E-state index in [0.29, 0.717) is 6.54 Å². The first-order chi connectivity index (χ1) is 9.72. The molecule has 0 aliphatic heterocycles. The predicted octanol–water partition coefficient (Wildman–Crippen LogP) is 2.20. The molecule has 20 heavy (non-hydrogen) atoms.